The van der Waals surface area contributed by atoms with Crippen LogP contribution in [0.15, 0.2) is 30.5 Å². The van der Waals surface area contributed by atoms with E-state index in [2.05, 4.69) is 35.4 Å². The number of H-pyrrole nitrogens is 1. The number of benzene rings is 1. The third-order valence-electron chi connectivity index (χ3n) is 5.81. The highest BCUT2D eigenvalue weighted by Gasteiger charge is 2.42. The van der Waals surface area contributed by atoms with Crippen LogP contribution in [0, 0.1) is 17.8 Å². The maximum absolute atomic E-state index is 12.3. The normalized spacial score (nSPS) is 28.1. The van der Waals surface area contributed by atoms with Gasteiger partial charge < -0.3 is 10.3 Å². The number of aromatic amines is 1. The largest absolute Gasteiger partial charge is 0.361 e. The second-order valence-corrected chi connectivity index (χ2v) is 7.27. The molecule has 4 atom stereocenters. The Kier molecular flexibility index (Phi) is 3.44. The van der Waals surface area contributed by atoms with E-state index in [-0.39, 0.29) is 5.91 Å². The second-order valence-electron chi connectivity index (χ2n) is 7.27. The molecule has 0 aliphatic heterocycles. The Morgan fingerprint density at radius 2 is 2.23 bits per heavy atom. The van der Waals surface area contributed by atoms with Gasteiger partial charge in [-0.05, 0) is 73.1 Å². The molecule has 1 amide bonds. The fourth-order valence-electron chi connectivity index (χ4n) is 4.72. The van der Waals surface area contributed by atoms with Gasteiger partial charge in [0.25, 0.3) is 0 Å². The molecule has 0 spiro atoms. The van der Waals surface area contributed by atoms with Gasteiger partial charge in [-0.3, -0.25) is 4.79 Å². The van der Waals surface area contributed by atoms with Crippen molar-refractivity contribution in [2.75, 3.05) is 0 Å². The van der Waals surface area contributed by atoms with Crippen LogP contribution in [-0.4, -0.2) is 16.9 Å². The van der Waals surface area contributed by atoms with Crippen LogP contribution in [0.4, 0.5) is 0 Å². The standard InChI is InChI=1S/C19H24N2O/c1-12(17-10-13-2-4-15(17)8-13)21-19(22)11-14-3-5-18-16(9-14)6-7-20-18/h3,5-7,9,12-13,15,17,20H,2,4,8,10-11H2,1H3,(H,21,22). The predicted molar refractivity (Wildman–Crippen MR) is 88.5 cm³/mol. The van der Waals surface area contributed by atoms with Crippen LogP contribution in [0.25, 0.3) is 10.9 Å². The number of rotatable bonds is 4. The molecule has 1 aromatic heterocycles. The van der Waals surface area contributed by atoms with E-state index in [0.29, 0.717) is 18.4 Å². The number of fused-ring (bicyclic) bond motifs is 3. The second kappa shape index (κ2) is 5.45. The van der Waals surface area contributed by atoms with Crippen molar-refractivity contribution in [3.05, 3.63) is 36.0 Å². The molecule has 2 aliphatic rings. The lowest BCUT2D eigenvalue weighted by Crippen LogP contribution is -2.40. The lowest BCUT2D eigenvalue weighted by Gasteiger charge is -2.28. The summed E-state index contributed by atoms with van der Waals surface area (Å²) in [6.45, 7) is 2.19. The van der Waals surface area contributed by atoms with Crippen molar-refractivity contribution in [2.24, 2.45) is 17.8 Å². The number of carbonyl (C=O) groups excluding carboxylic acids is 1. The number of hydrogen-bond acceptors (Lipinski definition) is 1. The van der Waals surface area contributed by atoms with Gasteiger partial charge in [-0.1, -0.05) is 12.5 Å². The first kappa shape index (κ1) is 13.9. The maximum Gasteiger partial charge on any atom is 0.224 e. The highest BCUT2D eigenvalue weighted by molar-refractivity contribution is 5.83. The van der Waals surface area contributed by atoms with Crippen molar-refractivity contribution < 1.29 is 4.79 Å². The number of amides is 1. The molecule has 1 aromatic carbocycles. The van der Waals surface area contributed by atoms with Crippen molar-refractivity contribution in [2.45, 2.75) is 45.1 Å². The molecule has 2 aliphatic carbocycles. The van der Waals surface area contributed by atoms with E-state index in [1.807, 2.05) is 12.3 Å². The summed E-state index contributed by atoms with van der Waals surface area (Å²) in [6.07, 6.45) is 7.92. The third-order valence-corrected chi connectivity index (χ3v) is 5.81. The first-order valence-corrected chi connectivity index (χ1v) is 8.54. The molecular weight excluding hydrogens is 272 g/mol. The molecule has 3 nitrogen and oxygen atoms in total. The molecule has 2 bridgehead atoms. The summed E-state index contributed by atoms with van der Waals surface area (Å²) in [7, 11) is 0. The molecule has 3 heteroatoms. The summed E-state index contributed by atoms with van der Waals surface area (Å²) in [5, 5.41) is 4.42. The zero-order valence-corrected chi connectivity index (χ0v) is 13.1. The summed E-state index contributed by atoms with van der Waals surface area (Å²) in [5.41, 5.74) is 2.21. The van der Waals surface area contributed by atoms with Gasteiger partial charge in [0.05, 0.1) is 6.42 Å². The minimum absolute atomic E-state index is 0.158. The fraction of sp³-hybridized carbons (Fsp3) is 0.526. The van der Waals surface area contributed by atoms with Crippen molar-refractivity contribution in [1.82, 2.24) is 10.3 Å². The smallest absolute Gasteiger partial charge is 0.224 e. The van der Waals surface area contributed by atoms with E-state index in [4.69, 9.17) is 0 Å². The summed E-state index contributed by atoms with van der Waals surface area (Å²) >= 11 is 0. The van der Waals surface area contributed by atoms with Gasteiger partial charge >= 0.3 is 0 Å². The monoisotopic (exact) mass is 296 g/mol. The van der Waals surface area contributed by atoms with Crippen LogP contribution in [0.1, 0.15) is 38.2 Å². The molecule has 22 heavy (non-hydrogen) atoms. The van der Waals surface area contributed by atoms with Crippen LogP contribution < -0.4 is 5.32 Å². The van der Waals surface area contributed by atoms with Crippen molar-refractivity contribution in [3.8, 4) is 0 Å². The van der Waals surface area contributed by atoms with E-state index < -0.39 is 0 Å². The molecule has 4 rings (SSSR count). The van der Waals surface area contributed by atoms with Gasteiger partial charge in [-0.2, -0.15) is 0 Å². The Labute approximate surface area is 131 Å². The van der Waals surface area contributed by atoms with Gasteiger partial charge in [-0.25, -0.2) is 0 Å². The molecule has 4 unspecified atom stereocenters. The van der Waals surface area contributed by atoms with Crippen LogP contribution >= 0.6 is 0 Å². The Bertz CT molecular complexity index is 690. The molecule has 2 N–H and O–H groups in total. The Morgan fingerprint density at radius 1 is 1.32 bits per heavy atom. The zero-order chi connectivity index (χ0) is 15.1. The van der Waals surface area contributed by atoms with Crippen LogP contribution in [0.2, 0.25) is 0 Å². The van der Waals surface area contributed by atoms with Gasteiger partial charge in [0.2, 0.25) is 5.91 Å². The van der Waals surface area contributed by atoms with Crippen LogP contribution in [0.3, 0.4) is 0 Å². The first-order chi connectivity index (χ1) is 10.7. The number of aromatic nitrogens is 1. The number of nitrogens with one attached hydrogen (secondary N) is 2. The molecule has 0 saturated heterocycles. The highest BCUT2D eigenvalue weighted by Crippen LogP contribution is 2.49. The summed E-state index contributed by atoms with van der Waals surface area (Å²) < 4.78 is 0. The molecule has 0 radical (unpaired) electrons. The molecule has 1 heterocycles. The van der Waals surface area contributed by atoms with Crippen LogP contribution in [-0.2, 0) is 11.2 Å². The van der Waals surface area contributed by atoms with E-state index in [1.54, 1.807) is 0 Å². The minimum Gasteiger partial charge on any atom is -0.361 e. The SMILES string of the molecule is CC(NC(=O)Cc1ccc2[nH]ccc2c1)C1CC2CCC1C2. The van der Waals surface area contributed by atoms with Crippen molar-refractivity contribution in [1.29, 1.82) is 0 Å². The number of hydrogen-bond donors (Lipinski definition) is 2. The average molecular weight is 296 g/mol. The van der Waals surface area contributed by atoms with Gasteiger partial charge in [0.1, 0.15) is 0 Å². The van der Waals surface area contributed by atoms with E-state index in [9.17, 15) is 4.79 Å². The maximum atomic E-state index is 12.3. The molecule has 116 valence electrons. The summed E-state index contributed by atoms with van der Waals surface area (Å²) in [4.78, 5) is 15.5. The Hall–Kier alpha value is -1.77. The van der Waals surface area contributed by atoms with Crippen molar-refractivity contribution in [3.63, 3.8) is 0 Å². The molecule has 2 fully saturated rings. The Morgan fingerprint density at radius 3 is 3.00 bits per heavy atom. The third kappa shape index (κ3) is 2.53. The van der Waals surface area contributed by atoms with Gasteiger partial charge in [0, 0.05) is 17.8 Å². The fourth-order valence-corrected chi connectivity index (χ4v) is 4.72. The van der Waals surface area contributed by atoms with Gasteiger partial charge in [0.15, 0.2) is 0 Å². The van der Waals surface area contributed by atoms with Crippen LogP contribution in [0.5, 0.6) is 0 Å². The lowest BCUT2D eigenvalue weighted by molar-refractivity contribution is -0.121. The highest BCUT2D eigenvalue weighted by atomic mass is 16.1. The minimum atomic E-state index is 0.158. The molecule has 2 saturated carbocycles. The topological polar surface area (TPSA) is 44.9 Å². The van der Waals surface area contributed by atoms with Crippen molar-refractivity contribution >= 4 is 16.8 Å². The number of carbonyl (C=O) groups is 1. The molecular formula is C19H24N2O. The lowest BCUT2D eigenvalue weighted by atomic mass is 9.84. The zero-order valence-electron chi connectivity index (χ0n) is 13.1. The van der Waals surface area contributed by atoms with Gasteiger partial charge in [-0.15, -0.1) is 0 Å². The molecule has 2 aromatic rings. The summed E-state index contributed by atoms with van der Waals surface area (Å²) in [5.74, 6) is 2.65. The quantitative estimate of drug-likeness (QED) is 0.888. The summed E-state index contributed by atoms with van der Waals surface area (Å²) in [6, 6.07) is 8.57. The average Bonchev–Trinajstić information content (AvgIpc) is 3.22. The first-order valence-electron chi connectivity index (χ1n) is 8.54. The van der Waals surface area contributed by atoms with E-state index in [0.717, 1.165) is 22.9 Å². The van der Waals surface area contributed by atoms with E-state index in [1.165, 1.54) is 31.1 Å². The Balaban J connectivity index is 1.37. The van der Waals surface area contributed by atoms with E-state index >= 15 is 0 Å². The predicted octanol–water partition coefficient (Wildman–Crippen LogP) is 3.65.